The Balaban J connectivity index is 1.37. The third kappa shape index (κ3) is 5.31. The number of piperidine rings is 1. The highest BCUT2D eigenvalue weighted by atomic mass is 16.6. The summed E-state index contributed by atoms with van der Waals surface area (Å²) in [6.45, 7) is 3.69. The van der Waals surface area contributed by atoms with E-state index >= 15 is 0 Å². The van der Waals surface area contributed by atoms with Gasteiger partial charge in [-0.1, -0.05) is 43.2 Å². The highest BCUT2D eigenvalue weighted by Crippen LogP contribution is 2.31. The number of nitrogens with zero attached hydrogens (tertiary/aromatic N) is 3. The molecule has 2 fully saturated rings. The van der Waals surface area contributed by atoms with E-state index in [0.717, 1.165) is 63.0 Å². The average molecular weight is 422 g/mol. The van der Waals surface area contributed by atoms with E-state index in [1.807, 2.05) is 42.5 Å². The van der Waals surface area contributed by atoms with Gasteiger partial charge < -0.3 is 4.90 Å². The molecule has 2 aliphatic heterocycles. The number of likely N-dealkylation sites (tertiary alicyclic amines) is 2. The van der Waals surface area contributed by atoms with Gasteiger partial charge in [0.05, 0.1) is 4.92 Å². The summed E-state index contributed by atoms with van der Waals surface area (Å²) in [6, 6.07) is 16.9. The van der Waals surface area contributed by atoms with Crippen LogP contribution in [0.3, 0.4) is 0 Å². The van der Waals surface area contributed by atoms with Crippen molar-refractivity contribution in [1.82, 2.24) is 9.80 Å². The molecule has 6 heteroatoms. The Kier molecular flexibility index (Phi) is 6.97. The molecule has 0 unspecified atom stereocenters. The van der Waals surface area contributed by atoms with Gasteiger partial charge in [-0.25, -0.2) is 0 Å². The zero-order valence-electron chi connectivity index (χ0n) is 18.0. The molecular weight excluding hydrogens is 390 g/mol. The lowest BCUT2D eigenvalue weighted by Gasteiger charge is -2.40. The lowest BCUT2D eigenvalue weighted by molar-refractivity contribution is -0.384. The van der Waals surface area contributed by atoms with Gasteiger partial charge in [-0.3, -0.25) is 19.8 Å². The van der Waals surface area contributed by atoms with E-state index in [9.17, 15) is 14.9 Å². The van der Waals surface area contributed by atoms with Gasteiger partial charge in [0.1, 0.15) is 0 Å². The van der Waals surface area contributed by atoms with E-state index < -0.39 is 0 Å². The van der Waals surface area contributed by atoms with Crippen molar-refractivity contribution in [2.75, 3.05) is 19.6 Å². The molecule has 1 amide bonds. The molecule has 2 aliphatic rings. The summed E-state index contributed by atoms with van der Waals surface area (Å²) in [5.74, 6) is 0.722. The van der Waals surface area contributed by atoms with E-state index in [4.69, 9.17) is 0 Å². The minimum absolute atomic E-state index is 0.138. The monoisotopic (exact) mass is 421 g/mol. The smallest absolute Gasteiger partial charge is 0.269 e. The van der Waals surface area contributed by atoms with E-state index in [1.54, 1.807) is 12.1 Å². The molecule has 2 aromatic carbocycles. The fraction of sp³-hybridized carbons (Fsp3) is 0.480. The average Bonchev–Trinajstić information content (AvgIpc) is 3.06. The molecule has 0 bridgehead atoms. The minimum Gasteiger partial charge on any atom is -0.335 e. The molecule has 2 aromatic rings. The molecule has 0 N–H and O–H groups in total. The zero-order valence-corrected chi connectivity index (χ0v) is 18.0. The minimum atomic E-state index is -0.357. The maximum absolute atomic E-state index is 13.3. The molecule has 6 nitrogen and oxygen atoms in total. The summed E-state index contributed by atoms with van der Waals surface area (Å²) in [5.41, 5.74) is 2.04. The van der Waals surface area contributed by atoms with Crippen molar-refractivity contribution >= 4 is 11.6 Å². The maximum Gasteiger partial charge on any atom is 0.269 e. The molecule has 0 saturated carbocycles. The SMILES string of the molecule is O=C(c1ccccc1)N1CCCCC[C@@H]1C1CCN(Cc2ccc([N+](=O)[O-])cc2)CC1. The number of nitro benzene ring substituents is 1. The molecule has 0 aromatic heterocycles. The first kappa shape index (κ1) is 21.5. The van der Waals surface area contributed by atoms with E-state index in [-0.39, 0.29) is 16.5 Å². The lowest BCUT2D eigenvalue weighted by atomic mass is 9.85. The third-order valence-corrected chi connectivity index (χ3v) is 6.81. The van der Waals surface area contributed by atoms with Crippen LogP contribution in [0.15, 0.2) is 54.6 Å². The second-order valence-corrected chi connectivity index (χ2v) is 8.82. The van der Waals surface area contributed by atoms with E-state index in [1.165, 1.54) is 12.8 Å². The highest BCUT2D eigenvalue weighted by Gasteiger charge is 2.34. The topological polar surface area (TPSA) is 66.7 Å². The first-order chi connectivity index (χ1) is 15.1. The molecule has 0 spiro atoms. The Morgan fingerprint density at radius 3 is 2.29 bits per heavy atom. The number of carbonyl (C=O) groups is 1. The van der Waals surface area contributed by atoms with Crippen molar-refractivity contribution in [3.8, 4) is 0 Å². The van der Waals surface area contributed by atoms with Crippen LogP contribution in [0.2, 0.25) is 0 Å². The number of carbonyl (C=O) groups excluding carboxylic acids is 1. The van der Waals surface area contributed by atoms with Gasteiger partial charge in [-0.15, -0.1) is 0 Å². The summed E-state index contributed by atoms with van der Waals surface area (Å²) in [5, 5.41) is 10.8. The number of hydrogen-bond acceptors (Lipinski definition) is 4. The Labute approximate surface area is 184 Å². The number of rotatable bonds is 5. The quantitative estimate of drug-likeness (QED) is 0.509. The second-order valence-electron chi connectivity index (χ2n) is 8.82. The summed E-state index contributed by atoms with van der Waals surface area (Å²) < 4.78 is 0. The number of non-ortho nitro benzene ring substituents is 1. The highest BCUT2D eigenvalue weighted by molar-refractivity contribution is 5.94. The van der Waals surface area contributed by atoms with Crippen molar-refractivity contribution in [2.45, 2.75) is 51.1 Å². The Morgan fingerprint density at radius 1 is 0.903 bits per heavy atom. The number of benzene rings is 2. The van der Waals surface area contributed by atoms with Crippen LogP contribution in [0.5, 0.6) is 0 Å². The van der Waals surface area contributed by atoms with Gasteiger partial charge in [0, 0.05) is 36.8 Å². The van der Waals surface area contributed by atoms with Crippen molar-refractivity contribution < 1.29 is 9.72 Å². The number of hydrogen-bond donors (Lipinski definition) is 0. The zero-order chi connectivity index (χ0) is 21.6. The van der Waals surface area contributed by atoms with Crippen LogP contribution < -0.4 is 0 Å². The first-order valence-corrected chi connectivity index (χ1v) is 11.4. The molecule has 164 valence electrons. The van der Waals surface area contributed by atoms with Crippen LogP contribution in [0.1, 0.15) is 54.4 Å². The van der Waals surface area contributed by atoms with Gasteiger partial charge in [0.25, 0.3) is 11.6 Å². The number of nitro groups is 1. The van der Waals surface area contributed by atoms with Gasteiger partial charge in [0.15, 0.2) is 0 Å². The second kappa shape index (κ2) is 10.1. The number of amides is 1. The standard InChI is InChI=1S/C25H31N3O3/c29-25(22-7-3-1-4-8-22)27-16-6-2-5-9-24(27)21-14-17-26(18-15-21)19-20-10-12-23(13-11-20)28(30)31/h1,3-4,7-8,10-13,21,24H,2,5-6,9,14-19H2/t24-/m1/s1. The van der Waals surface area contributed by atoms with Gasteiger partial charge in [-0.05, 0) is 62.4 Å². The van der Waals surface area contributed by atoms with Crippen LogP contribution in [-0.2, 0) is 6.54 Å². The van der Waals surface area contributed by atoms with Crippen molar-refractivity contribution in [2.24, 2.45) is 5.92 Å². The normalized spacial score (nSPS) is 20.9. The Hall–Kier alpha value is -2.73. The predicted molar refractivity (Wildman–Crippen MR) is 121 cm³/mol. The van der Waals surface area contributed by atoms with Crippen LogP contribution in [0, 0.1) is 16.0 Å². The molecule has 31 heavy (non-hydrogen) atoms. The van der Waals surface area contributed by atoms with Gasteiger partial charge in [0.2, 0.25) is 0 Å². The first-order valence-electron chi connectivity index (χ1n) is 11.4. The molecule has 2 saturated heterocycles. The molecule has 0 radical (unpaired) electrons. The van der Waals surface area contributed by atoms with Crippen LogP contribution in [0.25, 0.3) is 0 Å². The summed E-state index contributed by atoms with van der Waals surface area (Å²) >= 11 is 0. The Morgan fingerprint density at radius 2 is 1.61 bits per heavy atom. The fourth-order valence-electron chi connectivity index (χ4n) is 5.10. The van der Waals surface area contributed by atoms with Gasteiger partial charge >= 0.3 is 0 Å². The summed E-state index contributed by atoms with van der Waals surface area (Å²) in [4.78, 5) is 28.3. The fourth-order valence-corrected chi connectivity index (χ4v) is 5.10. The van der Waals surface area contributed by atoms with E-state index in [0.29, 0.717) is 12.0 Å². The van der Waals surface area contributed by atoms with Crippen LogP contribution in [-0.4, -0.2) is 46.3 Å². The summed E-state index contributed by atoms with van der Waals surface area (Å²) in [6.07, 6.45) is 6.78. The molecule has 0 aliphatic carbocycles. The summed E-state index contributed by atoms with van der Waals surface area (Å²) in [7, 11) is 0. The van der Waals surface area contributed by atoms with Crippen LogP contribution in [0.4, 0.5) is 5.69 Å². The predicted octanol–water partition coefficient (Wildman–Crippen LogP) is 4.89. The third-order valence-electron chi connectivity index (χ3n) is 6.81. The van der Waals surface area contributed by atoms with Crippen molar-refractivity contribution in [3.05, 3.63) is 75.8 Å². The lowest BCUT2D eigenvalue weighted by Crippen LogP contribution is -2.47. The Bertz CT molecular complexity index is 877. The van der Waals surface area contributed by atoms with Crippen molar-refractivity contribution in [3.63, 3.8) is 0 Å². The largest absolute Gasteiger partial charge is 0.335 e. The molecule has 1 atom stereocenters. The molecular formula is C25H31N3O3. The van der Waals surface area contributed by atoms with Crippen molar-refractivity contribution in [1.29, 1.82) is 0 Å². The van der Waals surface area contributed by atoms with Gasteiger partial charge in [-0.2, -0.15) is 0 Å². The van der Waals surface area contributed by atoms with Crippen LogP contribution >= 0.6 is 0 Å². The maximum atomic E-state index is 13.3. The molecule has 4 rings (SSSR count). The molecule has 2 heterocycles. The van der Waals surface area contributed by atoms with E-state index in [2.05, 4.69) is 9.80 Å².